The first-order valence-corrected chi connectivity index (χ1v) is 2.91. The van der Waals surface area contributed by atoms with E-state index in [9.17, 15) is 4.79 Å². The van der Waals surface area contributed by atoms with Crippen molar-refractivity contribution in [2.75, 3.05) is 5.73 Å². The molecule has 0 spiro atoms. The minimum atomic E-state index is -1.36. The molecule has 1 rings (SSSR count). The van der Waals surface area contributed by atoms with Crippen LogP contribution in [0.5, 0.6) is 0 Å². The number of nitrogens with zero attached hydrogens (tertiary/aromatic N) is 2. The van der Waals surface area contributed by atoms with Crippen molar-refractivity contribution in [2.24, 2.45) is 5.16 Å². The van der Waals surface area contributed by atoms with Gasteiger partial charge in [-0.1, -0.05) is 5.16 Å². The molecule has 0 aliphatic carbocycles. The topological polar surface area (TPSA) is 125 Å². The van der Waals surface area contributed by atoms with Gasteiger partial charge in [-0.15, -0.1) is 0 Å². The Labute approximate surface area is 66.5 Å². The van der Waals surface area contributed by atoms with E-state index in [-0.39, 0.29) is 11.5 Å². The largest absolute Gasteiger partial charge is 0.476 e. The third-order valence-electron chi connectivity index (χ3n) is 1.16. The van der Waals surface area contributed by atoms with Crippen LogP contribution in [0.2, 0.25) is 0 Å². The van der Waals surface area contributed by atoms with E-state index < -0.39 is 11.7 Å². The van der Waals surface area contributed by atoms with Gasteiger partial charge in [-0.2, -0.15) is 5.10 Å². The highest BCUT2D eigenvalue weighted by Crippen LogP contribution is 2.01. The second-order valence-corrected chi connectivity index (χ2v) is 1.96. The highest BCUT2D eigenvalue weighted by molar-refractivity contribution is 6.41. The molecule has 0 radical (unpaired) electrons. The van der Waals surface area contributed by atoms with Crippen molar-refractivity contribution >= 4 is 17.5 Å². The Morgan fingerprint density at radius 3 is 2.75 bits per heavy atom. The zero-order valence-electron chi connectivity index (χ0n) is 5.85. The fourth-order valence-corrected chi connectivity index (χ4v) is 0.670. The second kappa shape index (κ2) is 2.91. The molecule has 0 aromatic carbocycles. The molecule has 12 heavy (non-hydrogen) atoms. The van der Waals surface area contributed by atoms with Gasteiger partial charge in [0.15, 0.2) is 0 Å². The molecule has 0 saturated carbocycles. The predicted octanol–water partition coefficient (Wildman–Crippen LogP) is -0.745. The molecular formula is C5H6N4O3. The van der Waals surface area contributed by atoms with Gasteiger partial charge in [0.2, 0.25) is 5.71 Å². The SMILES string of the molecule is Nc1cc(C(=NO)C(=O)O)[nH]n1. The first-order chi connectivity index (χ1) is 5.65. The Bertz CT molecular complexity index is 329. The normalized spacial score (nSPS) is 11.5. The number of oxime groups is 1. The van der Waals surface area contributed by atoms with Gasteiger partial charge in [-0.3, -0.25) is 5.10 Å². The van der Waals surface area contributed by atoms with Gasteiger partial charge in [0, 0.05) is 6.07 Å². The third kappa shape index (κ3) is 1.34. The van der Waals surface area contributed by atoms with Crippen LogP contribution in [-0.4, -0.2) is 32.2 Å². The summed E-state index contributed by atoms with van der Waals surface area (Å²) < 4.78 is 0. The number of carbonyl (C=O) groups is 1. The summed E-state index contributed by atoms with van der Waals surface area (Å²) in [5.41, 5.74) is 4.73. The summed E-state index contributed by atoms with van der Waals surface area (Å²) >= 11 is 0. The lowest BCUT2D eigenvalue weighted by Gasteiger charge is -1.91. The molecule has 1 aromatic rings. The highest BCUT2D eigenvalue weighted by Gasteiger charge is 2.15. The average Bonchev–Trinajstić information content (AvgIpc) is 2.37. The Balaban J connectivity index is 3.04. The number of aromatic nitrogens is 2. The smallest absolute Gasteiger partial charge is 0.360 e. The number of hydrogen-bond donors (Lipinski definition) is 4. The summed E-state index contributed by atoms with van der Waals surface area (Å²) in [6.45, 7) is 0. The van der Waals surface area contributed by atoms with Crippen molar-refractivity contribution in [3.63, 3.8) is 0 Å². The van der Waals surface area contributed by atoms with Crippen LogP contribution in [0.25, 0.3) is 0 Å². The number of carboxylic acid groups (broad SMARTS) is 1. The predicted molar refractivity (Wildman–Crippen MR) is 39.0 cm³/mol. The van der Waals surface area contributed by atoms with Crippen molar-refractivity contribution in [3.8, 4) is 0 Å². The first-order valence-electron chi connectivity index (χ1n) is 2.91. The Hall–Kier alpha value is -2.05. The van der Waals surface area contributed by atoms with Crippen LogP contribution in [0, 0.1) is 0 Å². The first kappa shape index (κ1) is 8.05. The number of anilines is 1. The number of rotatable bonds is 2. The van der Waals surface area contributed by atoms with Crippen LogP contribution in [0.15, 0.2) is 11.2 Å². The van der Waals surface area contributed by atoms with Gasteiger partial charge in [0.05, 0.1) is 5.69 Å². The van der Waals surface area contributed by atoms with Crippen molar-refractivity contribution < 1.29 is 15.1 Å². The second-order valence-electron chi connectivity index (χ2n) is 1.96. The maximum absolute atomic E-state index is 10.4. The maximum Gasteiger partial charge on any atom is 0.360 e. The molecule has 1 aromatic heterocycles. The number of nitrogens with one attached hydrogen (secondary N) is 1. The average molecular weight is 170 g/mol. The lowest BCUT2D eigenvalue weighted by Crippen LogP contribution is -2.14. The van der Waals surface area contributed by atoms with E-state index in [2.05, 4.69) is 15.4 Å². The molecule has 7 heteroatoms. The minimum absolute atomic E-state index is 0.0579. The summed E-state index contributed by atoms with van der Waals surface area (Å²) in [5.74, 6) is -1.23. The van der Waals surface area contributed by atoms with E-state index in [1.165, 1.54) is 6.07 Å². The van der Waals surface area contributed by atoms with Crippen LogP contribution in [0.1, 0.15) is 5.69 Å². The Morgan fingerprint density at radius 2 is 2.42 bits per heavy atom. The lowest BCUT2D eigenvalue weighted by molar-refractivity contribution is -0.129. The third-order valence-corrected chi connectivity index (χ3v) is 1.16. The molecule has 0 fully saturated rings. The molecule has 64 valence electrons. The molecule has 0 saturated heterocycles. The monoisotopic (exact) mass is 170 g/mol. The van der Waals surface area contributed by atoms with Crippen molar-refractivity contribution in [2.45, 2.75) is 0 Å². The molecule has 7 nitrogen and oxygen atoms in total. The Kier molecular flexibility index (Phi) is 1.95. The summed E-state index contributed by atoms with van der Waals surface area (Å²) in [6.07, 6.45) is 0. The molecule has 1 heterocycles. The summed E-state index contributed by atoms with van der Waals surface area (Å²) in [5, 5.41) is 25.1. The molecule has 0 unspecified atom stereocenters. The van der Waals surface area contributed by atoms with Crippen LogP contribution >= 0.6 is 0 Å². The van der Waals surface area contributed by atoms with Gasteiger partial charge < -0.3 is 16.0 Å². The molecule has 0 bridgehead atoms. The van der Waals surface area contributed by atoms with Gasteiger partial charge in [0.1, 0.15) is 5.82 Å². The summed E-state index contributed by atoms with van der Waals surface area (Å²) in [7, 11) is 0. The van der Waals surface area contributed by atoms with E-state index >= 15 is 0 Å². The molecule has 0 aliphatic heterocycles. The molecule has 0 aliphatic rings. The Morgan fingerprint density at radius 1 is 1.75 bits per heavy atom. The number of nitrogens with two attached hydrogens (primary N) is 1. The minimum Gasteiger partial charge on any atom is -0.476 e. The van der Waals surface area contributed by atoms with Crippen LogP contribution < -0.4 is 5.73 Å². The van der Waals surface area contributed by atoms with Crippen molar-refractivity contribution in [1.82, 2.24) is 10.2 Å². The van der Waals surface area contributed by atoms with Crippen LogP contribution in [0.4, 0.5) is 5.82 Å². The highest BCUT2D eigenvalue weighted by atomic mass is 16.4. The van der Waals surface area contributed by atoms with Crippen molar-refractivity contribution in [1.29, 1.82) is 0 Å². The molecule has 5 N–H and O–H groups in total. The van der Waals surface area contributed by atoms with E-state index in [1.807, 2.05) is 0 Å². The number of H-pyrrole nitrogens is 1. The quantitative estimate of drug-likeness (QED) is 0.264. The molecule has 0 amide bonds. The standard InChI is InChI=1S/C5H6N4O3/c6-3-1-2(7-8-3)4(9-12)5(10)11/h1,12H,(H,10,11)(H3,6,7,8). The number of carboxylic acids is 1. The number of aromatic amines is 1. The zero-order valence-corrected chi connectivity index (χ0v) is 5.85. The van der Waals surface area contributed by atoms with E-state index in [1.54, 1.807) is 0 Å². The summed E-state index contributed by atoms with van der Waals surface area (Å²) in [6, 6.07) is 1.25. The number of aliphatic carboxylic acids is 1. The van der Waals surface area contributed by atoms with Crippen LogP contribution in [0.3, 0.4) is 0 Å². The fourth-order valence-electron chi connectivity index (χ4n) is 0.670. The van der Waals surface area contributed by atoms with Gasteiger partial charge >= 0.3 is 5.97 Å². The number of hydrogen-bond acceptors (Lipinski definition) is 5. The molecular weight excluding hydrogens is 164 g/mol. The fraction of sp³-hybridized carbons (Fsp3) is 0. The summed E-state index contributed by atoms with van der Waals surface area (Å²) in [4.78, 5) is 10.4. The van der Waals surface area contributed by atoms with E-state index in [0.717, 1.165) is 0 Å². The lowest BCUT2D eigenvalue weighted by atomic mass is 10.3. The maximum atomic E-state index is 10.4. The van der Waals surface area contributed by atoms with Crippen molar-refractivity contribution in [3.05, 3.63) is 11.8 Å². The molecule has 0 atom stereocenters. The van der Waals surface area contributed by atoms with E-state index in [4.69, 9.17) is 16.0 Å². The number of nitrogen functional groups attached to an aromatic ring is 1. The van der Waals surface area contributed by atoms with Gasteiger partial charge in [0.25, 0.3) is 0 Å². The zero-order chi connectivity index (χ0) is 9.14. The van der Waals surface area contributed by atoms with E-state index in [0.29, 0.717) is 0 Å². The van der Waals surface area contributed by atoms with Gasteiger partial charge in [-0.05, 0) is 0 Å². The van der Waals surface area contributed by atoms with Gasteiger partial charge in [-0.25, -0.2) is 4.79 Å². The van der Waals surface area contributed by atoms with Crippen LogP contribution in [-0.2, 0) is 4.79 Å².